The average Bonchev–Trinajstić information content (AvgIpc) is 3.13. The van der Waals surface area contributed by atoms with Crippen molar-refractivity contribution in [2.45, 2.75) is 103 Å². The fraction of sp³-hybridized carbons (Fsp3) is 0.545. The van der Waals surface area contributed by atoms with Gasteiger partial charge in [-0.25, -0.2) is 0 Å². The molecule has 0 unspecified atom stereocenters. The van der Waals surface area contributed by atoms with Crippen LogP contribution in [0.1, 0.15) is 112 Å². The van der Waals surface area contributed by atoms with E-state index >= 15 is 17.6 Å². The highest BCUT2D eigenvalue weighted by Gasteiger charge is 2.54. The Bertz CT molecular complexity index is 1720. The minimum absolute atomic E-state index is 0.00583. The molecule has 8 aliphatic rings. The Morgan fingerprint density at radius 3 is 1.04 bits per heavy atom. The van der Waals surface area contributed by atoms with Crippen molar-refractivity contribution in [2.24, 2.45) is 46.3 Å². The number of carbonyl (C=O) groups excluding carboxylic acids is 2. The van der Waals surface area contributed by atoms with E-state index < -0.39 is 34.8 Å². The van der Waals surface area contributed by atoms with Gasteiger partial charge in [0.2, 0.25) is 34.8 Å². The Morgan fingerprint density at radius 2 is 0.778 bits per heavy atom. The van der Waals surface area contributed by atoms with Crippen molar-refractivity contribution < 1.29 is 36.6 Å². The second-order valence-corrected chi connectivity index (χ2v) is 18.1. The number of amides is 2. The molecule has 54 heavy (non-hydrogen) atoms. The predicted octanol–water partition coefficient (Wildman–Crippen LogP) is 10.5. The zero-order valence-corrected chi connectivity index (χ0v) is 30.9. The molecule has 0 heterocycles. The van der Waals surface area contributed by atoms with Crippen molar-refractivity contribution in [3.63, 3.8) is 0 Å². The van der Waals surface area contributed by atoms with Gasteiger partial charge in [-0.2, -0.15) is 17.6 Å². The van der Waals surface area contributed by atoms with Crippen molar-refractivity contribution in [3.05, 3.63) is 82.9 Å². The lowest BCUT2D eigenvalue weighted by Crippen LogP contribution is -2.55. The predicted molar refractivity (Wildman–Crippen MR) is 194 cm³/mol. The molecule has 0 aromatic heterocycles. The van der Waals surface area contributed by atoms with E-state index in [-0.39, 0.29) is 46.2 Å². The van der Waals surface area contributed by atoms with Crippen LogP contribution in [0.25, 0.3) is 0 Å². The van der Waals surface area contributed by atoms with Gasteiger partial charge in [-0.15, -0.1) is 0 Å². The van der Waals surface area contributed by atoms with E-state index in [9.17, 15) is 9.59 Å². The number of ether oxygens (including phenoxy) is 2. The molecule has 2 amide bonds. The lowest BCUT2D eigenvalue weighted by atomic mass is 9.48. The molecule has 286 valence electrons. The average molecular weight is 745 g/mol. The van der Waals surface area contributed by atoms with E-state index in [4.69, 9.17) is 9.47 Å². The Morgan fingerprint density at radius 1 is 0.519 bits per heavy atom. The summed E-state index contributed by atoms with van der Waals surface area (Å²) in [7, 11) is 0. The number of hydrogen-bond donors (Lipinski definition) is 2. The normalized spacial score (nSPS) is 32.6. The quantitative estimate of drug-likeness (QED) is 0.160. The Labute approximate surface area is 313 Å². The Balaban J connectivity index is 0.831. The van der Waals surface area contributed by atoms with Crippen LogP contribution in [0.5, 0.6) is 23.0 Å². The van der Waals surface area contributed by atoms with E-state index in [1.807, 2.05) is 0 Å². The van der Waals surface area contributed by atoms with Gasteiger partial charge < -0.3 is 20.1 Å². The number of benzene rings is 3. The fourth-order valence-electron chi connectivity index (χ4n) is 12.6. The largest absolute Gasteiger partial charge is 0.451 e. The minimum Gasteiger partial charge on any atom is -0.451 e. The molecule has 2 atom stereocenters. The molecule has 3 aromatic rings. The van der Waals surface area contributed by atoms with E-state index in [2.05, 4.69) is 24.5 Å². The SMILES string of the molecule is C[C@H](NC(=O)c1ccc(Oc2c(F)c(F)c(Oc3ccc(C(=O)N[C@@H](C)C45CC6CC(CC(C6)C4)C5)cc3)c(F)c2F)cc1)C12CC3CC(CC(C3)C1)C2. The Hall–Kier alpha value is -4.08. The molecule has 8 bridgehead atoms. The van der Waals surface area contributed by atoms with Gasteiger partial charge in [0.15, 0.2) is 0 Å². The first-order valence-electron chi connectivity index (χ1n) is 19.9. The molecule has 11 rings (SSSR count). The molecule has 3 aromatic carbocycles. The summed E-state index contributed by atoms with van der Waals surface area (Å²) in [6, 6.07) is 11.1. The molecule has 2 N–H and O–H groups in total. The van der Waals surface area contributed by atoms with Gasteiger partial charge >= 0.3 is 0 Å². The maximum atomic E-state index is 15.2. The van der Waals surface area contributed by atoms with Crippen LogP contribution in [0, 0.1) is 69.6 Å². The third-order valence-electron chi connectivity index (χ3n) is 14.6. The molecule has 8 fully saturated rings. The number of carbonyl (C=O) groups is 2. The minimum atomic E-state index is -1.77. The summed E-state index contributed by atoms with van der Waals surface area (Å²) in [4.78, 5) is 26.4. The highest BCUT2D eigenvalue weighted by molar-refractivity contribution is 5.95. The lowest BCUT2D eigenvalue weighted by molar-refractivity contribution is -0.0688. The van der Waals surface area contributed by atoms with Gasteiger partial charge in [0.05, 0.1) is 0 Å². The first-order chi connectivity index (χ1) is 25.9. The van der Waals surface area contributed by atoms with Crippen LogP contribution in [0.3, 0.4) is 0 Å². The third-order valence-corrected chi connectivity index (χ3v) is 14.6. The summed E-state index contributed by atoms with van der Waals surface area (Å²) < 4.78 is 71.4. The molecule has 0 radical (unpaired) electrons. The molecule has 8 saturated carbocycles. The molecular weight excluding hydrogens is 696 g/mol. The van der Waals surface area contributed by atoms with Gasteiger partial charge in [0.25, 0.3) is 11.8 Å². The summed E-state index contributed by atoms with van der Waals surface area (Å²) in [5, 5.41) is 6.37. The second-order valence-electron chi connectivity index (χ2n) is 18.1. The van der Waals surface area contributed by atoms with Crippen LogP contribution >= 0.6 is 0 Å². The van der Waals surface area contributed by atoms with Gasteiger partial charge in [-0.3, -0.25) is 9.59 Å². The summed E-state index contributed by atoms with van der Waals surface area (Å²) >= 11 is 0. The molecule has 0 aliphatic heterocycles. The fourth-order valence-corrected chi connectivity index (χ4v) is 12.6. The maximum absolute atomic E-state index is 15.2. The molecule has 8 aliphatic carbocycles. The molecule has 10 heteroatoms. The topological polar surface area (TPSA) is 76.7 Å². The smallest absolute Gasteiger partial charge is 0.251 e. The van der Waals surface area contributed by atoms with Gasteiger partial charge in [-0.05, 0) is 186 Å². The van der Waals surface area contributed by atoms with Crippen LogP contribution in [-0.2, 0) is 0 Å². The second kappa shape index (κ2) is 13.3. The highest BCUT2D eigenvalue weighted by atomic mass is 19.2. The van der Waals surface area contributed by atoms with Crippen molar-refractivity contribution in [1.82, 2.24) is 10.6 Å². The van der Waals surface area contributed by atoms with Gasteiger partial charge in [-0.1, -0.05) is 0 Å². The van der Waals surface area contributed by atoms with Crippen molar-refractivity contribution in [3.8, 4) is 23.0 Å². The summed E-state index contributed by atoms with van der Waals surface area (Å²) in [5.41, 5.74) is 0.917. The van der Waals surface area contributed by atoms with Crippen LogP contribution < -0.4 is 20.1 Å². The van der Waals surface area contributed by atoms with E-state index in [1.54, 1.807) is 0 Å². The highest BCUT2D eigenvalue weighted by Crippen LogP contribution is 2.62. The van der Waals surface area contributed by atoms with Gasteiger partial charge in [0.1, 0.15) is 11.5 Å². The number of nitrogens with one attached hydrogen (secondary N) is 2. The molecular formula is C44H48F4N2O4. The standard InChI is InChI=1S/C44H48F4N2O4/c1-23(43-17-25-11-26(18-43)13-27(12-25)19-43)49-41(51)31-3-7-33(8-4-31)53-39-35(45)37(47)40(38(48)36(39)46)54-34-9-5-32(6-10-34)42(52)50-24(2)44-20-28-14-29(21-44)16-30(15-28)22-44/h3-10,23-30H,11-22H2,1-2H3,(H,49,51)(H,50,52)/t23-,24-,25?,26?,27?,28?,29?,30?,43?,44?/m0/s1. The zero-order chi connectivity index (χ0) is 37.5. The maximum Gasteiger partial charge on any atom is 0.251 e. The van der Waals surface area contributed by atoms with Crippen molar-refractivity contribution in [2.75, 3.05) is 0 Å². The number of hydrogen-bond acceptors (Lipinski definition) is 4. The van der Waals surface area contributed by atoms with Crippen LogP contribution in [0.4, 0.5) is 17.6 Å². The monoisotopic (exact) mass is 744 g/mol. The van der Waals surface area contributed by atoms with E-state index in [1.165, 1.54) is 87.1 Å². The molecule has 0 saturated heterocycles. The first-order valence-corrected chi connectivity index (χ1v) is 19.9. The van der Waals surface area contributed by atoms with Crippen LogP contribution in [0.15, 0.2) is 48.5 Å². The van der Waals surface area contributed by atoms with E-state index in [0.717, 1.165) is 74.0 Å². The molecule has 0 spiro atoms. The first kappa shape index (κ1) is 35.6. The van der Waals surface area contributed by atoms with E-state index in [0.29, 0.717) is 11.1 Å². The Kier molecular flexibility index (Phi) is 8.77. The number of rotatable bonds is 10. The van der Waals surface area contributed by atoms with Crippen LogP contribution in [-0.4, -0.2) is 23.9 Å². The van der Waals surface area contributed by atoms with Crippen molar-refractivity contribution >= 4 is 11.8 Å². The van der Waals surface area contributed by atoms with Gasteiger partial charge in [0, 0.05) is 23.2 Å². The summed E-state index contributed by atoms with van der Waals surface area (Å²) in [6.45, 7) is 4.17. The number of halogens is 4. The third kappa shape index (κ3) is 6.25. The van der Waals surface area contributed by atoms with Crippen LogP contribution in [0.2, 0.25) is 0 Å². The van der Waals surface area contributed by atoms with Crippen molar-refractivity contribution in [1.29, 1.82) is 0 Å². The lowest BCUT2D eigenvalue weighted by Gasteiger charge is -2.59. The zero-order valence-electron chi connectivity index (χ0n) is 30.9. The summed E-state index contributed by atoms with van der Waals surface area (Å²) in [5.74, 6) is -5.90. The summed E-state index contributed by atoms with van der Waals surface area (Å²) in [6.07, 6.45) is 14.7. The molecule has 6 nitrogen and oxygen atoms in total.